The van der Waals surface area contributed by atoms with Gasteiger partial charge in [-0.3, -0.25) is 0 Å². The number of ether oxygens (including phenoxy) is 1. The van der Waals surface area contributed by atoms with Gasteiger partial charge in [0, 0.05) is 0 Å². The van der Waals surface area contributed by atoms with Gasteiger partial charge in [0.05, 0.1) is 12.2 Å². The van der Waals surface area contributed by atoms with Crippen LogP contribution < -0.4 is 4.74 Å². The summed E-state index contributed by atoms with van der Waals surface area (Å²) in [6.45, 7) is 2.78. The van der Waals surface area contributed by atoms with Crippen molar-refractivity contribution in [2.45, 2.75) is 19.8 Å². The number of benzene rings is 2. The minimum absolute atomic E-state index is 0.321. The summed E-state index contributed by atoms with van der Waals surface area (Å²) in [6.07, 6.45) is 2.08. The second kappa shape index (κ2) is 6.88. The molecule has 0 radical (unpaired) electrons. The lowest BCUT2D eigenvalue weighted by Crippen LogP contribution is -2.00. The highest BCUT2D eigenvalue weighted by molar-refractivity contribution is 5.88. The highest BCUT2D eigenvalue weighted by Gasteiger charge is 2.11. The Morgan fingerprint density at radius 3 is 2.38 bits per heavy atom. The van der Waals surface area contributed by atoms with E-state index in [1.54, 1.807) is 6.07 Å². The first-order valence-corrected chi connectivity index (χ1v) is 6.88. The van der Waals surface area contributed by atoms with Crippen molar-refractivity contribution in [2.24, 2.45) is 0 Å². The molecule has 2 aromatic rings. The molecule has 0 atom stereocenters. The summed E-state index contributed by atoms with van der Waals surface area (Å²) in [7, 11) is 0. The zero-order valence-corrected chi connectivity index (χ0v) is 11.8. The van der Waals surface area contributed by atoms with Gasteiger partial charge in [0.1, 0.15) is 11.6 Å². The fourth-order valence-electron chi connectivity index (χ4n) is 1.95. The molecule has 0 saturated heterocycles. The molecular weight excluding hydrogens is 271 g/mol. The van der Waals surface area contributed by atoms with Gasteiger partial charge in [-0.1, -0.05) is 31.5 Å². The van der Waals surface area contributed by atoms with Gasteiger partial charge in [0.2, 0.25) is 0 Å². The van der Waals surface area contributed by atoms with E-state index in [-0.39, 0.29) is 5.56 Å². The fraction of sp³-hybridized carbons (Fsp3) is 0.235. The number of aromatic carboxylic acids is 1. The van der Waals surface area contributed by atoms with Crippen molar-refractivity contribution in [3.63, 3.8) is 0 Å². The molecule has 0 spiro atoms. The first kappa shape index (κ1) is 15.0. The van der Waals surface area contributed by atoms with Gasteiger partial charge >= 0.3 is 5.97 Å². The summed E-state index contributed by atoms with van der Waals surface area (Å²) in [5.74, 6) is -1.23. The van der Waals surface area contributed by atoms with Crippen molar-refractivity contribution in [1.82, 2.24) is 0 Å². The topological polar surface area (TPSA) is 46.5 Å². The van der Waals surface area contributed by atoms with Crippen LogP contribution in [0.1, 0.15) is 30.1 Å². The lowest BCUT2D eigenvalue weighted by molar-refractivity contribution is 0.0692. The molecule has 0 bridgehead atoms. The molecule has 0 aliphatic rings. The van der Waals surface area contributed by atoms with E-state index >= 15 is 0 Å². The number of carbonyl (C=O) groups is 1. The molecule has 0 aliphatic heterocycles. The standard InChI is InChI=1S/C17H17FO3/c1-2-3-10-21-14-7-4-12(5-8-14)13-6-9-15(17(19)20)16(18)11-13/h4-9,11H,2-3,10H2,1H3,(H,19,20). The van der Waals surface area contributed by atoms with Gasteiger partial charge in [0.15, 0.2) is 0 Å². The number of carboxylic acid groups (broad SMARTS) is 1. The van der Waals surface area contributed by atoms with E-state index in [2.05, 4.69) is 6.92 Å². The minimum atomic E-state index is -1.27. The van der Waals surface area contributed by atoms with E-state index in [4.69, 9.17) is 9.84 Å². The Bertz CT molecular complexity index is 620. The van der Waals surface area contributed by atoms with Crippen molar-refractivity contribution in [1.29, 1.82) is 0 Å². The van der Waals surface area contributed by atoms with Crippen LogP contribution in [0.2, 0.25) is 0 Å². The molecule has 0 saturated carbocycles. The largest absolute Gasteiger partial charge is 0.494 e. The second-order valence-corrected chi connectivity index (χ2v) is 4.73. The Morgan fingerprint density at radius 2 is 1.81 bits per heavy atom. The summed E-state index contributed by atoms with van der Waals surface area (Å²) in [5, 5.41) is 8.81. The summed E-state index contributed by atoms with van der Waals surface area (Å²) in [6, 6.07) is 11.4. The maximum absolute atomic E-state index is 13.7. The third-order valence-electron chi connectivity index (χ3n) is 3.15. The smallest absolute Gasteiger partial charge is 0.338 e. The molecule has 0 aliphatic carbocycles. The second-order valence-electron chi connectivity index (χ2n) is 4.73. The van der Waals surface area contributed by atoms with Crippen LogP contribution in [-0.2, 0) is 0 Å². The van der Waals surface area contributed by atoms with Crippen LogP contribution in [0.4, 0.5) is 4.39 Å². The normalized spacial score (nSPS) is 10.4. The van der Waals surface area contributed by atoms with Gasteiger partial charge < -0.3 is 9.84 Å². The third-order valence-corrected chi connectivity index (χ3v) is 3.15. The van der Waals surface area contributed by atoms with Crippen LogP contribution in [0.15, 0.2) is 42.5 Å². The molecule has 1 N–H and O–H groups in total. The first-order chi connectivity index (χ1) is 10.1. The van der Waals surface area contributed by atoms with Crippen molar-refractivity contribution in [3.05, 3.63) is 53.8 Å². The number of unbranched alkanes of at least 4 members (excludes halogenated alkanes) is 1. The zero-order valence-electron chi connectivity index (χ0n) is 11.8. The molecule has 3 nitrogen and oxygen atoms in total. The predicted octanol–water partition coefficient (Wildman–Crippen LogP) is 4.37. The average Bonchev–Trinajstić information content (AvgIpc) is 2.48. The molecular formula is C17H17FO3. The maximum Gasteiger partial charge on any atom is 0.338 e. The monoisotopic (exact) mass is 288 g/mol. The van der Waals surface area contributed by atoms with E-state index in [0.29, 0.717) is 12.2 Å². The van der Waals surface area contributed by atoms with Gasteiger partial charge in [-0.15, -0.1) is 0 Å². The average molecular weight is 288 g/mol. The van der Waals surface area contributed by atoms with Gasteiger partial charge in [-0.25, -0.2) is 9.18 Å². The van der Waals surface area contributed by atoms with E-state index in [1.807, 2.05) is 24.3 Å². The number of hydrogen-bond donors (Lipinski definition) is 1. The van der Waals surface area contributed by atoms with Crippen LogP contribution in [0.3, 0.4) is 0 Å². The molecule has 0 heterocycles. The van der Waals surface area contributed by atoms with Crippen LogP contribution in [0.5, 0.6) is 5.75 Å². The van der Waals surface area contributed by atoms with Crippen LogP contribution in [0.25, 0.3) is 11.1 Å². The Labute approximate surface area is 123 Å². The lowest BCUT2D eigenvalue weighted by atomic mass is 10.0. The SMILES string of the molecule is CCCCOc1ccc(-c2ccc(C(=O)O)c(F)c2)cc1. The molecule has 110 valence electrons. The Balaban J connectivity index is 2.15. The molecule has 0 amide bonds. The number of hydrogen-bond acceptors (Lipinski definition) is 2. The molecule has 4 heteroatoms. The Hall–Kier alpha value is -2.36. The Kier molecular flexibility index (Phi) is 4.93. The lowest BCUT2D eigenvalue weighted by Gasteiger charge is -2.07. The van der Waals surface area contributed by atoms with Crippen molar-refractivity contribution in [3.8, 4) is 16.9 Å². The fourth-order valence-corrected chi connectivity index (χ4v) is 1.95. The first-order valence-electron chi connectivity index (χ1n) is 6.88. The summed E-state index contributed by atoms with van der Waals surface area (Å²) < 4.78 is 19.2. The molecule has 0 aromatic heterocycles. The molecule has 0 unspecified atom stereocenters. The van der Waals surface area contributed by atoms with E-state index in [9.17, 15) is 9.18 Å². The molecule has 2 aromatic carbocycles. The predicted molar refractivity (Wildman–Crippen MR) is 79.2 cm³/mol. The summed E-state index contributed by atoms with van der Waals surface area (Å²) in [5.41, 5.74) is 1.13. The minimum Gasteiger partial charge on any atom is -0.494 e. The highest BCUT2D eigenvalue weighted by atomic mass is 19.1. The van der Waals surface area contributed by atoms with Crippen molar-refractivity contribution < 1.29 is 19.0 Å². The van der Waals surface area contributed by atoms with Gasteiger partial charge in [-0.05, 0) is 41.8 Å². The van der Waals surface area contributed by atoms with Crippen LogP contribution in [-0.4, -0.2) is 17.7 Å². The van der Waals surface area contributed by atoms with Crippen LogP contribution in [0, 0.1) is 5.82 Å². The van der Waals surface area contributed by atoms with Crippen molar-refractivity contribution >= 4 is 5.97 Å². The number of halogens is 1. The maximum atomic E-state index is 13.7. The number of rotatable bonds is 6. The summed E-state index contributed by atoms with van der Waals surface area (Å²) in [4.78, 5) is 10.8. The van der Waals surface area contributed by atoms with E-state index in [0.717, 1.165) is 24.2 Å². The molecule has 21 heavy (non-hydrogen) atoms. The molecule has 0 fully saturated rings. The van der Waals surface area contributed by atoms with Gasteiger partial charge in [-0.2, -0.15) is 0 Å². The van der Waals surface area contributed by atoms with Gasteiger partial charge in [0.25, 0.3) is 0 Å². The third kappa shape index (κ3) is 3.81. The van der Waals surface area contributed by atoms with E-state index in [1.165, 1.54) is 12.1 Å². The number of carboxylic acids is 1. The van der Waals surface area contributed by atoms with E-state index < -0.39 is 11.8 Å². The highest BCUT2D eigenvalue weighted by Crippen LogP contribution is 2.24. The van der Waals surface area contributed by atoms with Crippen molar-refractivity contribution in [2.75, 3.05) is 6.61 Å². The Morgan fingerprint density at radius 1 is 1.14 bits per heavy atom. The summed E-state index contributed by atoms with van der Waals surface area (Å²) >= 11 is 0. The quantitative estimate of drug-likeness (QED) is 0.803. The zero-order chi connectivity index (χ0) is 15.2. The van der Waals surface area contributed by atoms with Crippen LogP contribution >= 0.6 is 0 Å². The molecule has 2 rings (SSSR count).